The molecule has 0 radical (unpaired) electrons. The van der Waals surface area contributed by atoms with Crippen LogP contribution in [0.1, 0.15) is 29.9 Å². The van der Waals surface area contributed by atoms with Crippen LogP contribution in [0.3, 0.4) is 0 Å². The Morgan fingerprint density at radius 2 is 1.95 bits per heavy atom. The molecule has 5 heteroatoms. The first-order valence-electron chi connectivity index (χ1n) is 6.98. The molecule has 1 saturated heterocycles. The van der Waals surface area contributed by atoms with E-state index < -0.39 is 10.0 Å². The van der Waals surface area contributed by atoms with E-state index in [9.17, 15) is 8.42 Å². The Morgan fingerprint density at radius 3 is 2.60 bits per heavy atom. The average Bonchev–Trinajstić information content (AvgIpc) is 2.81. The Hall–Kier alpha value is -1.33. The lowest BCUT2D eigenvalue weighted by Gasteiger charge is -2.30. The molecule has 1 aliphatic rings. The Balaban J connectivity index is 1.85. The van der Waals surface area contributed by atoms with Gasteiger partial charge >= 0.3 is 0 Å². The maximum absolute atomic E-state index is 11.6. The first-order chi connectivity index (χ1) is 9.45. The fourth-order valence-corrected chi connectivity index (χ4v) is 3.97. The number of piperidine rings is 1. The summed E-state index contributed by atoms with van der Waals surface area (Å²) in [5.41, 5.74) is 3.75. The molecule has 0 bridgehead atoms. The van der Waals surface area contributed by atoms with Crippen molar-refractivity contribution in [2.45, 2.75) is 25.7 Å². The highest BCUT2D eigenvalue weighted by Crippen LogP contribution is 2.34. The van der Waals surface area contributed by atoms with Crippen molar-refractivity contribution in [2.24, 2.45) is 0 Å². The largest absolute Gasteiger partial charge is 0.361 e. The van der Waals surface area contributed by atoms with Gasteiger partial charge in [-0.1, -0.05) is 11.6 Å². The number of aryl methyl sites for hydroxylation is 1. The van der Waals surface area contributed by atoms with Gasteiger partial charge in [0.05, 0.1) is 6.26 Å². The molecule has 3 rings (SSSR count). The second kappa shape index (κ2) is 4.90. The van der Waals surface area contributed by atoms with E-state index >= 15 is 0 Å². The van der Waals surface area contributed by atoms with Crippen molar-refractivity contribution in [1.82, 2.24) is 9.29 Å². The van der Waals surface area contributed by atoms with Gasteiger partial charge in [0.2, 0.25) is 10.0 Å². The van der Waals surface area contributed by atoms with Gasteiger partial charge in [0.25, 0.3) is 0 Å². The second-order valence-corrected chi connectivity index (χ2v) is 7.71. The van der Waals surface area contributed by atoms with Gasteiger partial charge in [-0.05, 0) is 43.4 Å². The van der Waals surface area contributed by atoms with Crippen LogP contribution >= 0.6 is 0 Å². The number of aromatic nitrogens is 1. The van der Waals surface area contributed by atoms with Crippen molar-refractivity contribution in [3.63, 3.8) is 0 Å². The maximum atomic E-state index is 11.6. The van der Waals surface area contributed by atoms with Gasteiger partial charge in [-0.25, -0.2) is 12.7 Å². The topological polar surface area (TPSA) is 53.2 Å². The van der Waals surface area contributed by atoms with Crippen LogP contribution in [0.5, 0.6) is 0 Å². The Kier molecular flexibility index (Phi) is 3.34. The fourth-order valence-electron chi connectivity index (χ4n) is 3.09. The molecule has 1 aliphatic heterocycles. The number of benzene rings is 1. The van der Waals surface area contributed by atoms with Crippen LogP contribution in [-0.2, 0) is 10.0 Å². The molecule has 20 heavy (non-hydrogen) atoms. The molecule has 0 atom stereocenters. The molecule has 0 saturated carbocycles. The molecule has 0 unspecified atom stereocenters. The normalized spacial score (nSPS) is 18.7. The van der Waals surface area contributed by atoms with E-state index in [1.807, 2.05) is 0 Å². The molecule has 1 aromatic heterocycles. The Labute approximate surface area is 119 Å². The van der Waals surface area contributed by atoms with Gasteiger partial charge in [0, 0.05) is 30.2 Å². The number of nitrogens with one attached hydrogen (secondary N) is 1. The van der Waals surface area contributed by atoms with Crippen molar-refractivity contribution >= 4 is 20.9 Å². The highest BCUT2D eigenvalue weighted by Gasteiger charge is 2.26. The van der Waals surface area contributed by atoms with E-state index in [1.165, 1.54) is 22.8 Å². The van der Waals surface area contributed by atoms with Crippen LogP contribution in [0, 0.1) is 6.92 Å². The highest BCUT2D eigenvalue weighted by molar-refractivity contribution is 7.88. The molecule has 0 amide bonds. The summed E-state index contributed by atoms with van der Waals surface area (Å²) in [6.07, 6.45) is 5.18. The summed E-state index contributed by atoms with van der Waals surface area (Å²) >= 11 is 0. The summed E-state index contributed by atoms with van der Waals surface area (Å²) in [6.45, 7) is 3.35. The molecule has 4 nitrogen and oxygen atoms in total. The van der Waals surface area contributed by atoms with E-state index in [-0.39, 0.29) is 0 Å². The highest BCUT2D eigenvalue weighted by atomic mass is 32.2. The molecule has 2 heterocycles. The summed E-state index contributed by atoms with van der Waals surface area (Å²) in [7, 11) is -3.04. The zero-order valence-electron chi connectivity index (χ0n) is 11.9. The van der Waals surface area contributed by atoms with Crippen molar-refractivity contribution < 1.29 is 8.42 Å². The van der Waals surface area contributed by atoms with Crippen molar-refractivity contribution in [2.75, 3.05) is 19.3 Å². The van der Waals surface area contributed by atoms with Crippen LogP contribution in [0.4, 0.5) is 0 Å². The third-order valence-electron chi connectivity index (χ3n) is 4.23. The lowest BCUT2D eigenvalue weighted by Crippen LogP contribution is -2.37. The quantitative estimate of drug-likeness (QED) is 0.925. The van der Waals surface area contributed by atoms with Crippen LogP contribution in [0.2, 0.25) is 0 Å². The Morgan fingerprint density at radius 1 is 1.25 bits per heavy atom. The maximum Gasteiger partial charge on any atom is 0.211 e. The number of hydrogen-bond acceptors (Lipinski definition) is 2. The van der Waals surface area contributed by atoms with Gasteiger partial charge < -0.3 is 4.98 Å². The SMILES string of the molecule is Cc1ccc2[nH]cc(C3CCN(S(C)(=O)=O)CC3)c2c1. The van der Waals surface area contributed by atoms with Crippen LogP contribution in [0.25, 0.3) is 10.9 Å². The average molecular weight is 292 g/mol. The minimum atomic E-state index is -3.04. The summed E-state index contributed by atoms with van der Waals surface area (Å²) in [5, 5.41) is 1.28. The van der Waals surface area contributed by atoms with Crippen LogP contribution in [-0.4, -0.2) is 37.1 Å². The molecule has 1 fully saturated rings. The van der Waals surface area contributed by atoms with E-state index in [2.05, 4.69) is 36.3 Å². The molecule has 0 spiro atoms. The van der Waals surface area contributed by atoms with Crippen molar-refractivity contribution in [3.05, 3.63) is 35.5 Å². The molecule has 1 aromatic carbocycles. The van der Waals surface area contributed by atoms with Gasteiger partial charge in [-0.3, -0.25) is 0 Å². The third kappa shape index (κ3) is 2.47. The van der Waals surface area contributed by atoms with Gasteiger partial charge in [0.15, 0.2) is 0 Å². The predicted molar refractivity (Wildman–Crippen MR) is 81.4 cm³/mol. The lowest BCUT2D eigenvalue weighted by molar-refractivity contribution is 0.322. The lowest BCUT2D eigenvalue weighted by atomic mass is 9.90. The zero-order chi connectivity index (χ0) is 14.3. The predicted octanol–water partition coefficient (Wildman–Crippen LogP) is 2.62. The third-order valence-corrected chi connectivity index (χ3v) is 5.54. The van der Waals surface area contributed by atoms with Crippen molar-refractivity contribution in [3.8, 4) is 0 Å². The van der Waals surface area contributed by atoms with Crippen molar-refractivity contribution in [1.29, 1.82) is 0 Å². The van der Waals surface area contributed by atoms with Gasteiger partial charge in [-0.2, -0.15) is 0 Å². The number of nitrogens with zero attached hydrogens (tertiary/aromatic N) is 1. The number of aromatic amines is 1. The van der Waals surface area contributed by atoms with Crippen LogP contribution in [0.15, 0.2) is 24.4 Å². The molecule has 0 aliphatic carbocycles. The Bertz CT molecular complexity index is 725. The standard InChI is InChI=1S/C15H20N2O2S/c1-11-3-4-15-13(9-11)14(10-16-15)12-5-7-17(8-6-12)20(2,18)19/h3-4,9-10,12,16H,5-8H2,1-2H3. The monoisotopic (exact) mass is 292 g/mol. The van der Waals surface area contributed by atoms with E-state index in [1.54, 1.807) is 4.31 Å². The fraction of sp³-hybridized carbons (Fsp3) is 0.467. The van der Waals surface area contributed by atoms with Gasteiger partial charge in [0.1, 0.15) is 0 Å². The number of sulfonamides is 1. The number of hydrogen-bond donors (Lipinski definition) is 1. The van der Waals surface area contributed by atoms with E-state index in [0.717, 1.165) is 18.4 Å². The smallest absolute Gasteiger partial charge is 0.211 e. The summed E-state index contributed by atoms with van der Waals surface area (Å²) in [6, 6.07) is 6.43. The number of H-pyrrole nitrogens is 1. The molecule has 2 aromatic rings. The molecular formula is C15H20N2O2S. The minimum absolute atomic E-state index is 0.448. The summed E-state index contributed by atoms with van der Waals surface area (Å²) in [4.78, 5) is 3.32. The first kappa shape index (κ1) is 13.6. The summed E-state index contributed by atoms with van der Waals surface area (Å²) < 4.78 is 24.7. The number of rotatable bonds is 2. The van der Waals surface area contributed by atoms with E-state index in [4.69, 9.17) is 0 Å². The first-order valence-corrected chi connectivity index (χ1v) is 8.83. The molecule has 108 valence electrons. The molecular weight excluding hydrogens is 272 g/mol. The van der Waals surface area contributed by atoms with Gasteiger partial charge in [-0.15, -0.1) is 0 Å². The zero-order valence-corrected chi connectivity index (χ0v) is 12.7. The molecule has 1 N–H and O–H groups in total. The second-order valence-electron chi connectivity index (χ2n) is 5.73. The number of fused-ring (bicyclic) bond motifs is 1. The minimum Gasteiger partial charge on any atom is -0.361 e. The summed E-state index contributed by atoms with van der Waals surface area (Å²) in [5.74, 6) is 0.448. The van der Waals surface area contributed by atoms with Crippen LogP contribution < -0.4 is 0 Å². The van der Waals surface area contributed by atoms with E-state index in [0.29, 0.717) is 19.0 Å².